The van der Waals surface area contributed by atoms with Crippen LogP contribution in [0.4, 0.5) is 0 Å². The van der Waals surface area contributed by atoms with Crippen LogP contribution >= 0.6 is 0 Å². The molecule has 24 heavy (non-hydrogen) atoms. The van der Waals surface area contributed by atoms with Crippen LogP contribution in [-0.2, 0) is 10.0 Å². The van der Waals surface area contributed by atoms with Gasteiger partial charge in [0.05, 0.1) is 14.2 Å². The zero-order chi connectivity index (χ0) is 17.2. The van der Waals surface area contributed by atoms with Gasteiger partial charge in [-0.15, -0.1) is 0 Å². The Hall–Kier alpha value is -1.31. The van der Waals surface area contributed by atoms with Crippen LogP contribution in [0.1, 0.15) is 25.7 Å². The fraction of sp³-hybridized carbons (Fsp3) is 0.647. The number of ether oxygens (including phenoxy) is 2. The van der Waals surface area contributed by atoms with Crippen molar-refractivity contribution >= 4 is 10.0 Å². The minimum atomic E-state index is -3.58. The summed E-state index contributed by atoms with van der Waals surface area (Å²) in [5, 5.41) is 0. The second kappa shape index (κ2) is 7.29. The third-order valence-electron chi connectivity index (χ3n) is 5.10. The maximum Gasteiger partial charge on any atom is 0.246 e. The standard InChI is InChI=1S/C17H26N2O4S/c1-22-15-7-8-16(23-2)17(13-15)24(20,21)19-11-9-18(10-12-19)14-5-3-4-6-14/h7-8,13-14H,3-6,9-12H2,1-2H3. The molecular weight excluding hydrogens is 328 g/mol. The molecule has 2 fully saturated rings. The van der Waals surface area contributed by atoms with Gasteiger partial charge in [-0.25, -0.2) is 8.42 Å². The summed E-state index contributed by atoms with van der Waals surface area (Å²) in [7, 11) is -0.571. The second-order valence-electron chi connectivity index (χ2n) is 6.40. The quantitative estimate of drug-likeness (QED) is 0.809. The molecule has 3 rings (SSSR count). The zero-order valence-corrected chi connectivity index (χ0v) is 15.2. The van der Waals surface area contributed by atoms with E-state index in [0.29, 0.717) is 30.6 Å². The molecule has 1 aromatic carbocycles. The molecule has 134 valence electrons. The van der Waals surface area contributed by atoms with Gasteiger partial charge in [0, 0.05) is 38.3 Å². The highest BCUT2D eigenvalue weighted by Gasteiger charge is 2.33. The van der Waals surface area contributed by atoms with Crippen LogP contribution in [0.25, 0.3) is 0 Å². The van der Waals surface area contributed by atoms with Crippen molar-refractivity contribution in [2.45, 2.75) is 36.6 Å². The number of piperazine rings is 1. The van der Waals surface area contributed by atoms with Gasteiger partial charge in [0.2, 0.25) is 10.0 Å². The van der Waals surface area contributed by atoms with Gasteiger partial charge in [-0.1, -0.05) is 12.8 Å². The average Bonchev–Trinajstić information content (AvgIpc) is 3.16. The van der Waals surface area contributed by atoms with Gasteiger partial charge in [0.25, 0.3) is 0 Å². The van der Waals surface area contributed by atoms with Gasteiger partial charge in [-0.05, 0) is 25.0 Å². The third-order valence-corrected chi connectivity index (χ3v) is 7.02. The van der Waals surface area contributed by atoms with Crippen LogP contribution in [0.5, 0.6) is 11.5 Å². The summed E-state index contributed by atoms with van der Waals surface area (Å²) in [5.41, 5.74) is 0. The Morgan fingerprint density at radius 2 is 1.67 bits per heavy atom. The predicted octanol–water partition coefficient (Wildman–Crippen LogP) is 1.95. The summed E-state index contributed by atoms with van der Waals surface area (Å²) in [6.07, 6.45) is 5.08. The minimum Gasteiger partial charge on any atom is -0.497 e. The van der Waals surface area contributed by atoms with E-state index in [2.05, 4.69) is 4.90 Å². The van der Waals surface area contributed by atoms with Crippen molar-refractivity contribution in [3.63, 3.8) is 0 Å². The largest absolute Gasteiger partial charge is 0.497 e. The topological polar surface area (TPSA) is 59.1 Å². The van der Waals surface area contributed by atoms with Crippen molar-refractivity contribution in [2.75, 3.05) is 40.4 Å². The molecule has 1 aliphatic carbocycles. The van der Waals surface area contributed by atoms with Gasteiger partial charge in [-0.3, -0.25) is 4.90 Å². The first-order chi connectivity index (χ1) is 11.6. The minimum absolute atomic E-state index is 0.179. The average molecular weight is 354 g/mol. The van der Waals surface area contributed by atoms with E-state index in [-0.39, 0.29) is 4.90 Å². The third kappa shape index (κ3) is 3.38. The Labute approximate surface area is 144 Å². The summed E-state index contributed by atoms with van der Waals surface area (Å²) >= 11 is 0. The predicted molar refractivity (Wildman–Crippen MR) is 92.1 cm³/mol. The van der Waals surface area contributed by atoms with Crippen molar-refractivity contribution in [1.82, 2.24) is 9.21 Å². The smallest absolute Gasteiger partial charge is 0.246 e. The molecule has 0 N–H and O–H groups in total. The molecular formula is C17H26N2O4S. The fourth-order valence-electron chi connectivity index (χ4n) is 3.70. The summed E-state index contributed by atoms with van der Waals surface area (Å²) < 4.78 is 38.1. The van der Waals surface area contributed by atoms with Gasteiger partial charge in [0.15, 0.2) is 0 Å². The highest BCUT2D eigenvalue weighted by atomic mass is 32.2. The molecule has 7 heteroatoms. The molecule has 0 atom stereocenters. The Morgan fingerprint density at radius 3 is 2.25 bits per heavy atom. The van der Waals surface area contributed by atoms with Crippen molar-refractivity contribution in [3.8, 4) is 11.5 Å². The van der Waals surface area contributed by atoms with Crippen LogP contribution in [0, 0.1) is 0 Å². The summed E-state index contributed by atoms with van der Waals surface area (Å²) in [4.78, 5) is 2.63. The fourth-order valence-corrected chi connectivity index (χ4v) is 5.30. The summed E-state index contributed by atoms with van der Waals surface area (Å²) in [6.45, 7) is 2.66. The molecule has 1 aromatic rings. The van der Waals surface area contributed by atoms with Gasteiger partial charge in [-0.2, -0.15) is 4.31 Å². The number of sulfonamides is 1. The summed E-state index contributed by atoms with van der Waals surface area (Å²) in [5.74, 6) is 0.869. The number of hydrogen-bond donors (Lipinski definition) is 0. The van der Waals surface area contributed by atoms with E-state index >= 15 is 0 Å². The van der Waals surface area contributed by atoms with E-state index in [1.165, 1.54) is 46.0 Å². The number of rotatable bonds is 5. The van der Waals surface area contributed by atoms with Gasteiger partial charge < -0.3 is 9.47 Å². The first-order valence-corrected chi connectivity index (χ1v) is 9.96. The van der Waals surface area contributed by atoms with E-state index in [0.717, 1.165) is 13.1 Å². The zero-order valence-electron chi connectivity index (χ0n) is 14.4. The van der Waals surface area contributed by atoms with Crippen LogP contribution in [0.15, 0.2) is 23.1 Å². The molecule has 0 unspecified atom stereocenters. The lowest BCUT2D eigenvalue weighted by molar-refractivity contribution is 0.139. The van der Waals surface area contributed by atoms with Crippen LogP contribution < -0.4 is 9.47 Å². The van der Waals surface area contributed by atoms with Gasteiger partial charge in [0.1, 0.15) is 16.4 Å². The number of nitrogens with zero attached hydrogens (tertiary/aromatic N) is 2. The monoisotopic (exact) mass is 354 g/mol. The summed E-state index contributed by atoms with van der Waals surface area (Å²) in [6, 6.07) is 5.52. The first-order valence-electron chi connectivity index (χ1n) is 8.52. The molecule has 0 radical (unpaired) electrons. The highest BCUT2D eigenvalue weighted by Crippen LogP contribution is 2.32. The number of hydrogen-bond acceptors (Lipinski definition) is 5. The van der Waals surface area contributed by atoms with E-state index in [9.17, 15) is 8.42 Å². The molecule has 1 saturated heterocycles. The molecule has 6 nitrogen and oxygen atoms in total. The lowest BCUT2D eigenvalue weighted by Gasteiger charge is -2.37. The molecule has 0 aromatic heterocycles. The highest BCUT2D eigenvalue weighted by molar-refractivity contribution is 7.89. The molecule has 1 heterocycles. The van der Waals surface area contributed by atoms with Crippen molar-refractivity contribution < 1.29 is 17.9 Å². The first kappa shape index (κ1) is 17.5. The molecule has 0 amide bonds. The lowest BCUT2D eigenvalue weighted by atomic mass is 10.2. The number of methoxy groups -OCH3 is 2. The van der Waals surface area contributed by atoms with Gasteiger partial charge >= 0.3 is 0 Å². The van der Waals surface area contributed by atoms with E-state index in [4.69, 9.17) is 9.47 Å². The Bertz CT molecular complexity index is 663. The molecule has 0 bridgehead atoms. The molecule has 2 aliphatic rings. The van der Waals surface area contributed by atoms with E-state index in [1.807, 2.05) is 0 Å². The second-order valence-corrected chi connectivity index (χ2v) is 8.30. The normalized spacial score (nSPS) is 21.1. The molecule has 0 spiro atoms. The Kier molecular flexibility index (Phi) is 5.32. The molecule has 1 aliphatic heterocycles. The Balaban J connectivity index is 1.76. The van der Waals surface area contributed by atoms with Crippen molar-refractivity contribution in [2.24, 2.45) is 0 Å². The van der Waals surface area contributed by atoms with Crippen molar-refractivity contribution in [3.05, 3.63) is 18.2 Å². The van der Waals surface area contributed by atoms with E-state index in [1.54, 1.807) is 16.4 Å². The van der Waals surface area contributed by atoms with E-state index < -0.39 is 10.0 Å². The van der Waals surface area contributed by atoms with Crippen LogP contribution in [-0.4, -0.2) is 64.1 Å². The van der Waals surface area contributed by atoms with Crippen LogP contribution in [0.2, 0.25) is 0 Å². The maximum atomic E-state index is 13.0. The SMILES string of the molecule is COc1ccc(OC)c(S(=O)(=O)N2CCN(C3CCCC3)CC2)c1. The molecule has 1 saturated carbocycles. The van der Waals surface area contributed by atoms with Crippen molar-refractivity contribution in [1.29, 1.82) is 0 Å². The lowest BCUT2D eigenvalue weighted by Crippen LogP contribution is -2.51. The maximum absolute atomic E-state index is 13.0. The number of benzene rings is 1. The Morgan fingerprint density at radius 1 is 1.00 bits per heavy atom. The van der Waals surface area contributed by atoms with Crippen LogP contribution in [0.3, 0.4) is 0 Å².